The van der Waals surface area contributed by atoms with Gasteiger partial charge < -0.3 is 9.73 Å². The summed E-state index contributed by atoms with van der Waals surface area (Å²) in [5, 5.41) is 3.26. The third-order valence-corrected chi connectivity index (χ3v) is 2.35. The Morgan fingerprint density at radius 3 is 3.23 bits per heavy atom. The van der Waals surface area contributed by atoms with Gasteiger partial charge in [0.05, 0.1) is 18.6 Å². The molecule has 0 radical (unpaired) electrons. The van der Waals surface area contributed by atoms with Crippen LogP contribution in [0.5, 0.6) is 0 Å². The van der Waals surface area contributed by atoms with Crippen molar-refractivity contribution < 1.29 is 4.42 Å². The molecule has 0 unspecified atom stereocenters. The van der Waals surface area contributed by atoms with Gasteiger partial charge in [0, 0.05) is 12.3 Å². The van der Waals surface area contributed by atoms with Crippen molar-refractivity contribution in [1.29, 1.82) is 0 Å². The predicted octanol–water partition coefficient (Wildman–Crippen LogP) is 1.74. The average molecular weight is 195 g/mol. The van der Waals surface area contributed by atoms with Crippen LogP contribution in [-0.4, -0.2) is 18.1 Å². The number of furan rings is 1. The number of thioether (sulfide) groups is 1. The summed E-state index contributed by atoms with van der Waals surface area (Å²) in [6.07, 6.45) is 6.80. The molecule has 1 rings (SSSR count). The average Bonchev–Trinajstić information content (AvgIpc) is 2.63. The fourth-order valence-electron chi connectivity index (χ4n) is 0.900. The zero-order chi connectivity index (χ0) is 9.36. The molecule has 1 heterocycles. The van der Waals surface area contributed by atoms with Crippen LogP contribution in [0.4, 0.5) is 0 Å². The first kappa shape index (κ1) is 10.2. The maximum absolute atomic E-state index is 5.16. The molecule has 13 heavy (non-hydrogen) atoms. The lowest BCUT2D eigenvalue weighted by molar-refractivity contribution is 0.488. The lowest BCUT2D eigenvalue weighted by Gasteiger charge is -2.00. The Bertz CT molecular complexity index is 250. The van der Waals surface area contributed by atoms with Crippen LogP contribution in [0.25, 0.3) is 0 Å². The fraction of sp³-hybridized carbons (Fsp3) is 0.400. The highest BCUT2D eigenvalue weighted by molar-refractivity contribution is 7.99. The Kier molecular flexibility index (Phi) is 5.23. The van der Waals surface area contributed by atoms with Crippen molar-refractivity contribution in [3.8, 4) is 12.3 Å². The summed E-state index contributed by atoms with van der Waals surface area (Å²) in [6.45, 7) is 1.76. The van der Waals surface area contributed by atoms with Crippen LogP contribution in [0, 0.1) is 12.3 Å². The lowest BCUT2D eigenvalue weighted by Crippen LogP contribution is -2.16. The van der Waals surface area contributed by atoms with E-state index in [9.17, 15) is 0 Å². The molecule has 0 saturated carbocycles. The Morgan fingerprint density at radius 2 is 2.54 bits per heavy atom. The molecule has 0 bridgehead atoms. The van der Waals surface area contributed by atoms with Crippen molar-refractivity contribution >= 4 is 11.8 Å². The van der Waals surface area contributed by atoms with E-state index in [0.29, 0.717) is 0 Å². The van der Waals surface area contributed by atoms with Gasteiger partial charge >= 0.3 is 0 Å². The van der Waals surface area contributed by atoms with E-state index in [-0.39, 0.29) is 0 Å². The van der Waals surface area contributed by atoms with Crippen LogP contribution in [-0.2, 0) is 6.54 Å². The zero-order valence-corrected chi connectivity index (χ0v) is 8.27. The summed E-state index contributed by atoms with van der Waals surface area (Å²) in [5.41, 5.74) is 0. The Hall–Kier alpha value is -0.850. The number of rotatable bonds is 6. The minimum absolute atomic E-state index is 0.794. The maximum Gasteiger partial charge on any atom is 0.117 e. The van der Waals surface area contributed by atoms with Gasteiger partial charge in [-0.25, -0.2) is 0 Å². The Balaban J connectivity index is 1.94. The van der Waals surface area contributed by atoms with Crippen LogP contribution >= 0.6 is 11.8 Å². The van der Waals surface area contributed by atoms with Crippen LogP contribution < -0.4 is 5.32 Å². The first-order valence-electron chi connectivity index (χ1n) is 4.18. The van der Waals surface area contributed by atoms with E-state index in [0.717, 1.165) is 30.4 Å². The monoisotopic (exact) mass is 195 g/mol. The van der Waals surface area contributed by atoms with E-state index in [4.69, 9.17) is 10.8 Å². The van der Waals surface area contributed by atoms with Crippen LogP contribution in [0.1, 0.15) is 5.76 Å². The molecule has 0 aliphatic rings. The van der Waals surface area contributed by atoms with Gasteiger partial charge in [0.2, 0.25) is 0 Å². The van der Waals surface area contributed by atoms with E-state index in [2.05, 4.69) is 11.2 Å². The molecule has 0 aromatic carbocycles. The molecular weight excluding hydrogens is 182 g/mol. The second-order valence-corrected chi connectivity index (χ2v) is 3.62. The van der Waals surface area contributed by atoms with E-state index in [1.807, 2.05) is 12.1 Å². The molecule has 1 N–H and O–H groups in total. The first-order chi connectivity index (χ1) is 6.43. The van der Waals surface area contributed by atoms with Gasteiger partial charge in [0.25, 0.3) is 0 Å². The third-order valence-electron chi connectivity index (χ3n) is 1.49. The normalized spacial score (nSPS) is 9.77. The van der Waals surface area contributed by atoms with Gasteiger partial charge in [-0.05, 0) is 12.1 Å². The van der Waals surface area contributed by atoms with Gasteiger partial charge in [-0.15, -0.1) is 18.2 Å². The molecule has 1 aromatic heterocycles. The maximum atomic E-state index is 5.16. The third kappa shape index (κ3) is 4.66. The van der Waals surface area contributed by atoms with Gasteiger partial charge in [-0.1, -0.05) is 5.92 Å². The summed E-state index contributed by atoms with van der Waals surface area (Å²) >= 11 is 1.76. The summed E-state index contributed by atoms with van der Waals surface area (Å²) < 4.78 is 5.16. The van der Waals surface area contributed by atoms with Crippen molar-refractivity contribution in [3.05, 3.63) is 24.2 Å². The summed E-state index contributed by atoms with van der Waals surface area (Å²) in [7, 11) is 0. The fourth-order valence-corrected chi connectivity index (χ4v) is 1.45. The molecule has 0 spiro atoms. The number of hydrogen-bond donors (Lipinski definition) is 1. The molecule has 2 nitrogen and oxygen atoms in total. The van der Waals surface area contributed by atoms with Gasteiger partial charge in [0.15, 0.2) is 0 Å². The van der Waals surface area contributed by atoms with E-state index in [1.165, 1.54) is 0 Å². The van der Waals surface area contributed by atoms with Crippen molar-refractivity contribution in [1.82, 2.24) is 5.32 Å². The van der Waals surface area contributed by atoms with Crippen molar-refractivity contribution in [2.45, 2.75) is 6.54 Å². The highest BCUT2D eigenvalue weighted by atomic mass is 32.2. The molecule has 0 saturated heterocycles. The second-order valence-electron chi connectivity index (χ2n) is 2.51. The first-order valence-corrected chi connectivity index (χ1v) is 5.33. The number of hydrogen-bond acceptors (Lipinski definition) is 3. The topological polar surface area (TPSA) is 25.2 Å². The van der Waals surface area contributed by atoms with E-state index >= 15 is 0 Å². The summed E-state index contributed by atoms with van der Waals surface area (Å²) in [4.78, 5) is 0. The number of nitrogens with one attached hydrogen (secondary N) is 1. The number of terminal acetylenes is 1. The van der Waals surface area contributed by atoms with Crippen molar-refractivity contribution in [2.75, 3.05) is 18.1 Å². The smallest absolute Gasteiger partial charge is 0.117 e. The van der Waals surface area contributed by atoms with Crippen molar-refractivity contribution in [3.63, 3.8) is 0 Å². The quantitative estimate of drug-likeness (QED) is 0.553. The van der Waals surface area contributed by atoms with Crippen LogP contribution in [0.3, 0.4) is 0 Å². The lowest BCUT2D eigenvalue weighted by atomic mass is 10.4. The van der Waals surface area contributed by atoms with E-state index in [1.54, 1.807) is 18.0 Å². The highest BCUT2D eigenvalue weighted by Gasteiger charge is 1.93. The van der Waals surface area contributed by atoms with Crippen LogP contribution in [0.2, 0.25) is 0 Å². The molecule has 0 fully saturated rings. The molecule has 0 amide bonds. The summed E-state index contributed by atoms with van der Waals surface area (Å²) in [5.74, 6) is 5.40. The van der Waals surface area contributed by atoms with Gasteiger partial charge in [-0.3, -0.25) is 0 Å². The van der Waals surface area contributed by atoms with Gasteiger partial charge in [-0.2, -0.15) is 0 Å². The van der Waals surface area contributed by atoms with E-state index < -0.39 is 0 Å². The second kappa shape index (κ2) is 6.64. The van der Waals surface area contributed by atoms with Crippen LogP contribution in [0.15, 0.2) is 22.8 Å². The molecule has 3 heteroatoms. The minimum Gasteiger partial charge on any atom is -0.468 e. The SMILES string of the molecule is C#CCSCCNCc1ccco1. The molecule has 70 valence electrons. The molecule has 0 aliphatic heterocycles. The standard InChI is InChI=1S/C10H13NOS/c1-2-7-13-8-5-11-9-10-4-3-6-12-10/h1,3-4,6,11H,5,7-9H2. The highest BCUT2D eigenvalue weighted by Crippen LogP contribution is 1.99. The molecule has 0 aliphatic carbocycles. The Morgan fingerprint density at radius 1 is 1.62 bits per heavy atom. The molecule has 0 atom stereocenters. The summed E-state index contributed by atoms with van der Waals surface area (Å²) in [6, 6.07) is 3.85. The largest absolute Gasteiger partial charge is 0.468 e. The Labute approximate surface area is 83.1 Å². The molecular formula is C10H13NOS. The molecule has 1 aromatic rings. The minimum atomic E-state index is 0.794. The van der Waals surface area contributed by atoms with Gasteiger partial charge in [0.1, 0.15) is 5.76 Å². The van der Waals surface area contributed by atoms with Crippen molar-refractivity contribution in [2.24, 2.45) is 0 Å². The predicted molar refractivity (Wildman–Crippen MR) is 56.6 cm³/mol. The zero-order valence-electron chi connectivity index (χ0n) is 7.45.